The number of fused-ring (bicyclic) bond motifs is 1. The van der Waals surface area contributed by atoms with E-state index in [-0.39, 0.29) is 24.7 Å². The van der Waals surface area contributed by atoms with Crippen molar-refractivity contribution in [1.29, 1.82) is 0 Å². The van der Waals surface area contributed by atoms with E-state index in [0.29, 0.717) is 6.54 Å². The first-order chi connectivity index (χ1) is 14.3. The first kappa shape index (κ1) is 18.3. The molecule has 0 bridgehead atoms. The monoisotopic (exact) mass is 393 g/mol. The molecule has 2 heterocycles. The number of rotatable bonds is 6. The van der Waals surface area contributed by atoms with Crippen LogP contribution in [0.1, 0.15) is 24.4 Å². The van der Waals surface area contributed by atoms with Crippen LogP contribution in [0.2, 0.25) is 0 Å². The van der Waals surface area contributed by atoms with Gasteiger partial charge < -0.3 is 19.7 Å². The third-order valence-electron chi connectivity index (χ3n) is 6.08. The van der Waals surface area contributed by atoms with Gasteiger partial charge in [0.15, 0.2) is 11.5 Å². The highest BCUT2D eigenvalue weighted by atomic mass is 16.7. The van der Waals surface area contributed by atoms with Gasteiger partial charge in [-0.2, -0.15) is 0 Å². The Kier molecular flexibility index (Phi) is 5.02. The molecule has 3 aliphatic rings. The molecule has 5 rings (SSSR count). The zero-order chi connectivity index (χ0) is 19.6. The van der Waals surface area contributed by atoms with E-state index in [4.69, 9.17) is 9.47 Å². The van der Waals surface area contributed by atoms with Crippen molar-refractivity contribution in [2.75, 3.05) is 44.4 Å². The third kappa shape index (κ3) is 4.03. The van der Waals surface area contributed by atoms with Crippen LogP contribution in [-0.4, -0.2) is 50.3 Å². The van der Waals surface area contributed by atoms with Gasteiger partial charge >= 0.3 is 0 Å². The summed E-state index contributed by atoms with van der Waals surface area (Å²) in [5, 5.41) is 3.18. The van der Waals surface area contributed by atoms with E-state index >= 15 is 0 Å². The highest BCUT2D eigenvalue weighted by molar-refractivity contribution is 5.80. The zero-order valence-corrected chi connectivity index (χ0v) is 16.5. The van der Waals surface area contributed by atoms with E-state index in [0.717, 1.165) is 50.5 Å². The summed E-state index contributed by atoms with van der Waals surface area (Å²) in [6.07, 6.45) is 2.05. The van der Waals surface area contributed by atoms with Gasteiger partial charge in [-0.3, -0.25) is 9.69 Å². The van der Waals surface area contributed by atoms with Crippen molar-refractivity contribution in [2.24, 2.45) is 5.92 Å². The maximum absolute atomic E-state index is 12.3. The average Bonchev–Trinajstić information content (AvgIpc) is 3.52. The lowest BCUT2D eigenvalue weighted by Gasteiger charge is -2.40. The lowest BCUT2D eigenvalue weighted by Crippen LogP contribution is -2.50. The van der Waals surface area contributed by atoms with E-state index in [9.17, 15) is 4.79 Å². The number of benzene rings is 2. The molecule has 152 valence electrons. The molecule has 2 fully saturated rings. The Morgan fingerprint density at radius 3 is 2.52 bits per heavy atom. The molecule has 1 saturated heterocycles. The Labute approximate surface area is 171 Å². The molecule has 1 saturated carbocycles. The molecule has 1 atom stereocenters. The van der Waals surface area contributed by atoms with Crippen molar-refractivity contribution in [3.8, 4) is 11.5 Å². The smallest absolute Gasteiger partial charge is 0.231 e. The molecule has 0 unspecified atom stereocenters. The number of para-hydroxylation sites is 1. The first-order valence-electron chi connectivity index (χ1n) is 10.5. The summed E-state index contributed by atoms with van der Waals surface area (Å²) in [5.41, 5.74) is 2.44. The van der Waals surface area contributed by atoms with Gasteiger partial charge in [-0.05, 0) is 42.7 Å². The summed E-state index contributed by atoms with van der Waals surface area (Å²) in [5.74, 6) is 2.01. The summed E-state index contributed by atoms with van der Waals surface area (Å²) in [6, 6.07) is 16.8. The Morgan fingerprint density at radius 1 is 1.00 bits per heavy atom. The molecular weight excluding hydrogens is 366 g/mol. The number of carbonyl (C=O) groups is 1. The Bertz CT molecular complexity index is 861. The minimum atomic E-state index is 0.130. The second-order valence-electron chi connectivity index (χ2n) is 8.01. The number of nitrogens with one attached hydrogen (secondary N) is 1. The van der Waals surface area contributed by atoms with E-state index < -0.39 is 0 Å². The highest BCUT2D eigenvalue weighted by Gasteiger charge is 2.32. The number of hydrogen-bond acceptors (Lipinski definition) is 5. The quantitative estimate of drug-likeness (QED) is 0.818. The molecule has 0 radical (unpaired) electrons. The van der Waals surface area contributed by atoms with E-state index in [1.165, 1.54) is 11.3 Å². The predicted molar refractivity (Wildman–Crippen MR) is 111 cm³/mol. The fraction of sp³-hybridized carbons (Fsp3) is 0.435. The molecule has 0 spiro atoms. The fourth-order valence-corrected chi connectivity index (χ4v) is 4.20. The molecule has 0 aromatic heterocycles. The lowest BCUT2D eigenvalue weighted by molar-refractivity contribution is -0.122. The standard InChI is InChI=1S/C23H27N3O3/c27-23(17-6-7-17)24-15-20(18-8-9-21-22(14-18)29-16-28-21)26-12-10-25(11-13-26)19-4-2-1-3-5-19/h1-5,8-9,14,17,20H,6-7,10-13,15-16H2,(H,24,27)/t20-/m0/s1. The van der Waals surface area contributed by atoms with Gasteiger partial charge in [0, 0.05) is 44.3 Å². The van der Waals surface area contributed by atoms with Gasteiger partial charge in [-0.15, -0.1) is 0 Å². The average molecular weight is 393 g/mol. The van der Waals surface area contributed by atoms with Crippen LogP contribution >= 0.6 is 0 Å². The van der Waals surface area contributed by atoms with Crippen molar-refractivity contribution >= 4 is 11.6 Å². The molecule has 2 aromatic carbocycles. The van der Waals surface area contributed by atoms with Crippen molar-refractivity contribution in [3.63, 3.8) is 0 Å². The SMILES string of the molecule is O=C(NC[C@@H](c1ccc2c(c1)OCO2)N1CCN(c2ccccc2)CC1)C1CC1. The third-order valence-corrected chi connectivity index (χ3v) is 6.08. The van der Waals surface area contributed by atoms with Crippen molar-refractivity contribution in [1.82, 2.24) is 10.2 Å². The molecule has 29 heavy (non-hydrogen) atoms. The molecule has 6 nitrogen and oxygen atoms in total. The van der Waals surface area contributed by atoms with Gasteiger partial charge in [-0.25, -0.2) is 0 Å². The summed E-state index contributed by atoms with van der Waals surface area (Å²) in [7, 11) is 0. The number of amides is 1. The second kappa shape index (κ2) is 7.95. The van der Waals surface area contributed by atoms with Crippen LogP contribution < -0.4 is 19.7 Å². The summed E-state index contributed by atoms with van der Waals surface area (Å²) in [4.78, 5) is 17.2. The molecule has 2 aromatic rings. The summed E-state index contributed by atoms with van der Waals surface area (Å²) < 4.78 is 11.1. The molecule has 1 N–H and O–H groups in total. The molecule has 6 heteroatoms. The van der Waals surface area contributed by atoms with Crippen molar-refractivity contribution in [3.05, 3.63) is 54.1 Å². The Balaban J connectivity index is 1.31. The first-order valence-corrected chi connectivity index (χ1v) is 10.5. The van der Waals surface area contributed by atoms with Crippen LogP contribution in [0.4, 0.5) is 5.69 Å². The Hall–Kier alpha value is -2.73. The van der Waals surface area contributed by atoms with E-state index in [1.54, 1.807) is 0 Å². The molecule has 2 aliphatic heterocycles. The number of carbonyl (C=O) groups excluding carboxylic acids is 1. The zero-order valence-electron chi connectivity index (χ0n) is 16.5. The predicted octanol–water partition coefficient (Wildman–Crippen LogP) is 2.80. The summed E-state index contributed by atoms with van der Waals surface area (Å²) >= 11 is 0. The number of ether oxygens (including phenoxy) is 2. The van der Waals surface area contributed by atoms with Crippen LogP contribution in [0, 0.1) is 5.92 Å². The topological polar surface area (TPSA) is 54.0 Å². The van der Waals surface area contributed by atoms with Gasteiger partial charge in [0.2, 0.25) is 12.7 Å². The maximum atomic E-state index is 12.3. The van der Waals surface area contributed by atoms with Gasteiger partial charge in [0.25, 0.3) is 0 Å². The van der Waals surface area contributed by atoms with Gasteiger partial charge in [-0.1, -0.05) is 24.3 Å². The number of piperazine rings is 1. The van der Waals surface area contributed by atoms with E-state index in [1.807, 2.05) is 6.07 Å². The van der Waals surface area contributed by atoms with E-state index in [2.05, 4.69) is 57.6 Å². The summed E-state index contributed by atoms with van der Waals surface area (Å²) in [6.45, 7) is 4.75. The lowest BCUT2D eigenvalue weighted by atomic mass is 10.0. The number of nitrogens with zero attached hydrogens (tertiary/aromatic N) is 2. The highest BCUT2D eigenvalue weighted by Crippen LogP contribution is 2.36. The normalized spacial score (nSPS) is 19.8. The second-order valence-corrected chi connectivity index (χ2v) is 8.01. The van der Waals surface area contributed by atoms with Crippen LogP contribution in [0.25, 0.3) is 0 Å². The van der Waals surface area contributed by atoms with Crippen LogP contribution in [0.15, 0.2) is 48.5 Å². The number of anilines is 1. The van der Waals surface area contributed by atoms with Crippen molar-refractivity contribution in [2.45, 2.75) is 18.9 Å². The Morgan fingerprint density at radius 2 is 1.76 bits per heavy atom. The molecular formula is C23H27N3O3. The van der Waals surface area contributed by atoms with Crippen LogP contribution in [0.3, 0.4) is 0 Å². The van der Waals surface area contributed by atoms with Crippen molar-refractivity contribution < 1.29 is 14.3 Å². The maximum Gasteiger partial charge on any atom is 0.231 e. The fourth-order valence-electron chi connectivity index (χ4n) is 4.20. The van der Waals surface area contributed by atoms with Gasteiger partial charge in [0.1, 0.15) is 0 Å². The van der Waals surface area contributed by atoms with Crippen LogP contribution in [-0.2, 0) is 4.79 Å². The molecule has 1 amide bonds. The largest absolute Gasteiger partial charge is 0.454 e. The molecule has 1 aliphatic carbocycles. The number of hydrogen-bond donors (Lipinski definition) is 1. The minimum absolute atomic E-state index is 0.130. The van der Waals surface area contributed by atoms with Crippen LogP contribution in [0.5, 0.6) is 11.5 Å². The van der Waals surface area contributed by atoms with Gasteiger partial charge in [0.05, 0.1) is 6.04 Å². The minimum Gasteiger partial charge on any atom is -0.454 e.